The highest BCUT2D eigenvalue weighted by Crippen LogP contribution is 2.54. The number of anilines is 1. The number of benzene rings is 2. The first kappa shape index (κ1) is 21.5. The third-order valence-corrected chi connectivity index (χ3v) is 5.29. The van der Waals surface area contributed by atoms with Gasteiger partial charge in [0.1, 0.15) is 5.75 Å². The Bertz CT molecular complexity index is 889. The Kier molecular flexibility index (Phi) is 6.17. The van der Waals surface area contributed by atoms with Crippen LogP contribution in [0.1, 0.15) is 52.7 Å². The molecule has 0 amide bonds. The Labute approximate surface area is 167 Å². The summed E-state index contributed by atoms with van der Waals surface area (Å²) in [5.74, 6) is 0.663. The minimum Gasteiger partial charge on any atom is -0.463 e. The molecule has 4 rings (SSSR count). The Morgan fingerprint density at radius 3 is 2.29 bits per heavy atom. The molecule has 1 spiro atoms. The topological polar surface area (TPSA) is 55.6 Å². The van der Waals surface area contributed by atoms with Crippen LogP contribution in [-0.2, 0) is 5.41 Å². The van der Waals surface area contributed by atoms with Gasteiger partial charge < -0.3 is 9.64 Å². The van der Waals surface area contributed by atoms with Crippen LogP contribution in [-0.4, -0.2) is 17.7 Å². The van der Waals surface area contributed by atoms with E-state index in [-0.39, 0.29) is 16.0 Å². The largest absolute Gasteiger partial charge is 0.463 e. The Balaban J connectivity index is 0.000000660. The van der Waals surface area contributed by atoms with Gasteiger partial charge in [-0.1, -0.05) is 45.9 Å². The Morgan fingerprint density at radius 1 is 1.04 bits per heavy atom. The van der Waals surface area contributed by atoms with Gasteiger partial charge in [0, 0.05) is 30.4 Å². The molecule has 0 aliphatic carbocycles. The van der Waals surface area contributed by atoms with Crippen molar-refractivity contribution in [2.45, 2.75) is 52.7 Å². The van der Waals surface area contributed by atoms with Gasteiger partial charge in [-0.05, 0) is 43.7 Å². The van der Waals surface area contributed by atoms with Gasteiger partial charge in [0.05, 0.1) is 10.3 Å². The first-order chi connectivity index (χ1) is 13.4. The number of ether oxygens (including phenoxy) is 1. The average Bonchev–Trinajstić information content (AvgIpc) is 2.89. The predicted molar refractivity (Wildman–Crippen MR) is 116 cm³/mol. The molecule has 5 nitrogen and oxygen atoms in total. The van der Waals surface area contributed by atoms with Crippen LogP contribution in [0.5, 0.6) is 5.75 Å². The molecular weight excluding hydrogens is 352 g/mol. The Hall–Kier alpha value is -2.82. The maximum absolute atomic E-state index is 11.0. The van der Waals surface area contributed by atoms with Gasteiger partial charge >= 0.3 is 0 Å². The molecule has 2 aromatic carbocycles. The fraction of sp³-hybridized carbons (Fsp3) is 0.391. The number of non-ortho nitro benzene ring substituents is 1. The summed E-state index contributed by atoms with van der Waals surface area (Å²) in [5.41, 5.74) is 2.24. The number of rotatable bonds is 1. The van der Waals surface area contributed by atoms with E-state index < -0.39 is 5.72 Å². The summed E-state index contributed by atoms with van der Waals surface area (Å²) in [6.07, 6.45) is 3.94. The fourth-order valence-electron chi connectivity index (χ4n) is 3.88. The van der Waals surface area contributed by atoms with E-state index in [0.29, 0.717) is 5.75 Å². The maximum Gasteiger partial charge on any atom is 0.270 e. The molecule has 0 saturated heterocycles. The van der Waals surface area contributed by atoms with Gasteiger partial charge in [-0.3, -0.25) is 10.1 Å². The summed E-state index contributed by atoms with van der Waals surface area (Å²) in [6.45, 7) is 12.3. The summed E-state index contributed by atoms with van der Waals surface area (Å²) in [4.78, 5) is 12.7. The predicted octanol–water partition coefficient (Wildman–Crippen LogP) is 6.18. The molecular formula is C23H30N2O3. The van der Waals surface area contributed by atoms with Crippen molar-refractivity contribution in [3.8, 4) is 5.75 Å². The molecule has 2 aliphatic rings. The van der Waals surface area contributed by atoms with Gasteiger partial charge in [0.25, 0.3) is 5.69 Å². The standard InChI is InChI=1S/C19H18N2O3.2C2H6/c1-18(2)15-6-4-5-7-16(15)20(3)19(18)11-10-13-12-14(21(22)23)8-9-17(13)24-19;2*1-2/h4-12H,1-3H3;2*1-2H3. The molecule has 1 unspecified atom stereocenters. The number of fused-ring (bicyclic) bond motifs is 2. The van der Waals surface area contributed by atoms with Crippen LogP contribution in [0.25, 0.3) is 6.08 Å². The number of likely N-dealkylation sites (N-methyl/N-ethyl adjacent to an activating group) is 1. The molecule has 0 radical (unpaired) electrons. The molecule has 5 heteroatoms. The number of nitro groups is 1. The van der Waals surface area contributed by atoms with Gasteiger partial charge in [-0.15, -0.1) is 0 Å². The van der Waals surface area contributed by atoms with E-state index in [9.17, 15) is 10.1 Å². The second kappa shape index (κ2) is 8.05. The van der Waals surface area contributed by atoms with Crippen molar-refractivity contribution in [2.24, 2.45) is 0 Å². The first-order valence-corrected chi connectivity index (χ1v) is 9.87. The van der Waals surface area contributed by atoms with Crippen LogP contribution in [0, 0.1) is 10.1 Å². The molecule has 2 heterocycles. The monoisotopic (exact) mass is 382 g/mol. The minimum atomic E-state index is -0.653. The summed E-state index contributed by atoms with van der Waals surface area (Å²) in [6, 6.07) is 13.0. The third-order valence-electron chi connectivity index (χ3n) is 5.29. The smallest absolute Gasteiger partial charge is 0.270 e. The number of hydrogen-bond acceptors (Lipinski definition) is 4. The fourth-order valence-corrected chi connectivity index (χ4v) is 3.88. The zero-order valence-corrected chi connectivity index (χ0v) is 17.8. The molecule has 0 N–H and O–H groups in total. The van der Waals surface area contributed by atoms with Crippen molar-refractivity contribution >= 4 is 17.5 Å². The van der Waals surface area contributed by atoms with Crippen molar-refractivity contribution in [1.82, 2.24) is 0 Å². The summed E-state index contributed by atoms with van der Waals surface area (Å²) in [7, 11) is 2.02. The number of nitro benzene ring substituents is 1. The normalized spacial score (nSPS) is 20.0. The summed E-state index contributed by atoms with van der Waals surface area (Å²) in [5, 5.41) is 11.0. The number of para-hydroxylation sites is 1. The molecule has 0 saturated carbocycles. The molecule has 0 aromatic heterocycles. The van der Waals surface area contributed by atoms with E-state index in [0.717, 1.165) is 11.3 Å². The quantitative estimate of drug-likeness (QED) is 0.437. The zero-order valence-electron chi connectivity index (χ0n) is 17.8. The van der Waals surface area contributed by atoms with Crippen LogP contribution in [0.3, 0.4) is 0 Å². The van der Waals surface area contributed by atoms with E-state index >= 15 is 0 Å². The van der Waals surface area contributed by atoms with E-state index in [4.69, 9.17) is 4.74 Å². The molecule has 1 atom stereocenters. The van der Waals surface area contributed by atoms with E-state index in [1.807, 2.05) is 59.0 Å². The molecule has 28 heavy (non-hydrogen) atoms. The highest BCUT2D eigenvalue weighted by Gasteiger charge is 2.57. The van der Waals surface area contributed by atoms with Crippen LogP contribution in [0.4, 0.5) is 11.4 Å². The van der Waals surface area contributed by atoms with Crippen molar-refractivity contribution in [2.75, 3.05) is 11.9 Å². The lowest BCUT2D eigenvalue weighted by atomic mass is 9.76. The lowest BCUT2D eigenvalue weighted by Gasteiger charge is -2.45. The molecule has 150 valence electrons. The lowest BCUT2D eigenvalue weighted by Crippen LogP contribution is -2.58. The minimum absolute atomic E-state index is 0.0697. The molecule has 0 fully saturated rings. The lowest BCUT2D eigenvalue weighted by molar-refractivity contribution is -0.384. The maximum atomic E-state index is 11.0. The Morgan fingerprint density at radius 2 is 1.68 bits per heavy atom. The zero-order chi connectivity index (χ0) is 21.1. The third kappa shape index (κ3) is 3.05. The van der Waals surface area contributed by atoms with Crippen LogP contribution < -0.4 is 9.64 Å². The highest BCUT2D eigenvalue weighted by molar-refractivity contribution is 5.72. The molecule has 2 aliphatic heterocycles. The van der Waals surface area contributed by atoms with E-state index in [2.05, 4.69) is 30.9 Å². The van der Waals surface area contributed by atoms with Gasteiger partial charge in [0.15, 0.2) is 0 Å². The van der Waals surface area contributed by atoms with Crippen LogP contribution in [0.2, 0.25) is 0 Å². The van der Waals surface area contributed by atoms with Gasteiger partial charge in [-0.25, -0.2) is 0 Å². The van der Waals surface area contributed by atoms with Crippen molar-refractivity contribution in [1.29, 1.82) is 0 Å². The average molecular weight is 383 g/mol. The van der Waals surface area contributed by atoms with Crippen molar-refractivity contribution < 1.29 is 9.66 Å². The number of nitrogens with zero attached hydrogens (tertiary/aromatic N) is 2. The molecule has 2 aromatic rings. The second-order valence-corrected chi connectivity index (χ2v) is 6.81. The van der Waals surface area contributed by atoms with E-state index in [1.165, 1.54) is 11.6 Å². The van der Waals surface area contributed by atoms with Crippen molar-refractivity contribution in [3.05, 3.63) is 69.8 Å². The van der Waals surface area contributed by atoms with Crippen LogP contribution in [0.15, 0.2) is 48.5 Å². The second-order valence-electron chi connectivity index (χ2n) is 6.81. The van der Waals surface area contributed by atoms with Crippen LogP contribution >= 0.6 is 0 Å². The first-order valence-electron chi connectivity index (χ1n) is 9.87. The molecule has 0 bridgehead atoms. The summed E-state index contributed by atoms with van der Waals surface area (Å²) < 4.78 is 6.44. The van der Waals surface area contributed by atoms with Crippen molar-refractivity contribution in [3.63, 3.8) is 0 Å². The van der Waals surface area contributed by atoms with Gasteiger partial charge in [-0.2, -0.15) is 0 Å². The van der Waals surface area contributed by atoms with E-state index in [1.54, 1.807) is 12.1 Å². The van der Waals surface area contributed by atoms with Gasteiger partial charge in [0.2, 0.25) is 5.72 Å². The summed E-state index contributed by atoms with van der Waals surface area (Å²) >= 11 is 0. The SMILES string of the molecule is CC.CC.CN1c2ccccc2C(C)(C)C12C=Cc1cc([N+](=O)[O-])ccc1O2. The number of hydrogen-bond donors (Lipinski definition) is 0. The highest BCUT2D eigenvalue weighted by atomic mass is 16.6.